The summed E-state index contributed by atoms with van der Waals surface area (Å²) in [6, 6.07) is 10.6. The molecule has 1 saturated carbocycles. The Morgan fingerprint density at radius 2 is 1.96 bits per heavy atom. The van der Waals surface area contributed by atoms with E-state index in [1.807, 2.05) is 30.0 Å². The molecular formula is C19H27NO2S. The van der Waals surface area contributed by atoms with Gasteiger partial charge in [0.2, 0.25) is 5.91 Å². The van der Waals surface area contributed by atoms with Crippen LogP contribution in [0, 0.1) is 0 Å². The minimum Gasteiger partial charge on any atom is -0.381 e. The number of rotatable bonds is 4. The van der Waals surface area contributed by atoms with Gasteiger partial charge in [0.15, 0.2) is 0 Å². The lowest BCUT2D eigenvalue weighted by Gasteiger charge is -2.38. The van der Waals surface area contributed by atoms with Gasteiger partial charge in [-0.25, -0.2) is 0 Å². The Hall–Kier alpha value is -1.00. The average molecular weight is 333 g/mol. The van der Waals surface area contributed by atoms with Gasteiger partial charge in [-0.15, -0.1) is 0 Å². The van der Waals surface area contributed by atoms with Crippen molar-refractivity contribution in [3.8, 4) is 0 Å². The maximum Gasteiger partial charge on any atom is 0.231 e. The molecular weight excluding hydrogens is 306 g/mol. The molecule has 1 aromatic carbocycles. The molecule has 0 radical (unpaired) electrons. The average Bonchev–Trinajstić information content (AvgIpc) is 2.63. The van der Waals surface area contributed by atoms with Crippen LogP contribution in [0.4, 0.5) is 0 Å². The summed E-state index contributed by atoms with van der Waals surface area (Å²) in [6.07, 6.45) is 8.46. The van der Waals surface area contributed by atoms with Crippen molar-refractivity contribution in [2.75, 3.05) is 19.5 Å². The molecule has 23 heavy (non-hydrogen) atoms. The first-order valence-corrected chi connectivity index (χ1v) is 10.0. The number of hydrogen-bond acceptors (Lipinski definition) is 3. The van der Waals surface area contributed by atoms with Gasteiger partial charge >= 0.3 is 0 Å². The van der Waals surface area contributed by atoms with Crippen LogP contribution < -0.4 is 5.32 Å². The van der Waals surface area contributed by atoms with Gasteiger partial charge in [0, 0.05) is 24.5 Å². The first-order chi connectivity index (χ1) is 11.2. The smallest absolute Gasteiger partial charge is 0.231 e. The summed E-state index contributed by atoms with van der Waals surface area (Å²) < 4.78 is 5.54. The minimum absolute atomic E-state index is 0.207. The SMILES string of the molecule is CSC1CCCC(NC(=O)C2(c3ccccc3)CCOCC2)C1. The fourth-order valence-electron chi connectivity index (χ4n) is 3.94. The lowest BCUT2D eigenvalue weighted by atomic mass is 9.73. The normalized spacial score (nSPS) is 27.3. The fourth-order valence-corrected chi connectivity index (χ4v) is 4.76. The molecule has 2 aliphatic rings. The maximum absolute atomic E-state index is 13.2. The largest absolute Gasteiger partial charge is 0.381 e. The van der Waals surface area contributed by atoms with Crippen molar-refractivity contribution in [2.24, 2.45) is 0 Å². The predicted molar refractivity (Wildman–Crippen MR) is 95.9 cm³/mol. The maximum atomic E-state index is 13.2. The van der Waals surface area contributed by atoms with Crippen molar-refractivity contribution < 1.29 is 9.53 Å². The highest BCUT2D eigenvalue weighted by Gasteiger charge is 2.42. The van der Waals surface area contributed by atoms with Crippen molar-refractivity contribution >= 4 is 17.7 Å². The Morgan fingerprint density at radius 3 is 2.65 bits per heavy atom. The molecule has 1 aliphatic heterocycles. The van der Waals surface area contributed by atoms with Gasteiger partial charge in [-0.05, 0) is 43.9 Å². The van der Waals surface area contributed by atoms with Crippen molar-refractivity contribution in [3.63, 3.8) is 0 Å². The van der Waals surface area contributed by atoms with Crippen LogP contribution >= 0.6 is 11.8 Å². The zero-order valence-electron chi connectivity index (χ0n) is 13.9. The summed E-state index contributed by atoms with van der Waals surface area (Å²) in [5.41, 5.74) is 0.726. The second-order valence-corrected chi connectivity index (χ2v) is 7.89. The summed E-state index contributed by atoms with van der Waals surface area (Å²) in [5.74, 6) is 0.207. The van der Waals surface area contributed by atoms with E-state index in [1.54, 1.807) is 0 Å². The Morgan fingerprint density at radius 1 is 1.22 bits per heavy atom. The van der Waals surface area contributed by atoms with Gasteiger partial charge in [0.25, 0.3) is 0 Å². The number of ether oxygens (including phenoxy) is 1. The highest BCUT2D eigenvalue weighted by atomic mass is 32.2. The summed E-state index contributed by atoms with van der Waals surface area (Å²) >= 11 is 1.94. The van der Waals surface area contributed by atoms with Gasteiger partial charge < -0.3 is 10.1 Å². The summed E-state index contributed by atoms with van der Waals surface area (Å²) in [6.45, 7) is 1.33. The van der Waals surface area contributed by atoms with Gasteiger partial charge in [0.05, 0.1) is 5.41 Å². The number of hydrogen-bond donors (Lipinski definition) is 1. The van der Waals surface area contributed by atoms with Gasteiger partial charge in [0.1, 0.15) is 0 Å². The zero-order chi connectivity index (χ0) is 16.1. The zero-order valence-corrected chi connectivity index (χ0v) is 14.7. The molecule has 1 amide bonds. The van der Waals surface area contributed by atoms with Gasteiger partial charge in [-0.2, -0.15) is 11.8 Å². The number of carbonyl (C=O) groups excluding carboxylic acids is 1. The molecule has 1 aromatic rings. The highest BCUT2D eigenvalue weighted by Crippen LogP contribution is 2.36. The van der Waals surface area contributed by atoms with Crippen LogP contribution in [0.2, 0.25) is 0 Å². The van der Waals surface area contributed by atoms with Crippen LogP contribution in [0.25, 0.3) is 0 Å². The van der Waals surface area contributed by atoms with Crippen molar-refractivity contribution in [3.05, 3.63) is 35.9 Å². The molecule has 1 heterocycles. The van der Waals surface area contributed by atoms with E-state index < -0.39 is 5.41 Å². The molecule has 2 fully saturated rings. The molecule has 0 bridgehead atoms. The molecule has 126 valence electrons. The highest BCUT2D eigenvalue weighted by molar-refractivity contribution is 7.99. The fraction of sp³-hybridized carbons (Fsp3) is 0.632. The molecule has 1 aliphatic carbocycles. The molecule has 3 nitrogen and oxygen atoms in total. The van der Waals surface area contributed by atoms with Gasteiger partial charge in [-0.3, -0.25) is 4.79 Å². The molecule has 3 rings (SSSR count). The Bertz CT molecular complexity index is 513. The topological polar surface area (TPSA) is 38.3 Å². The molecule has 1 saturated heterocycles. The Kier molecular flexibility index (Phi) is 5.65. The number of amides is 1. The van der Waals surface area contributed by atoms with E-state index in [9.17, 15) is 4.79 Å². The van der Waals surface area contributed by atoms with Crippen LogP contribution in [0.3, 0.4) is 0 Å². The summed E-state index contributed by atoms with van der Waals surface area (Å²) in [5, 5.41) is 4.08. The number of thioether (sulfide) groups is 1. The quantitative estimate of drug-likeness (QED) is 0.916. The lowest BCUT2D eigenvalue weighted by Crippen LogP contribution is -2.52. The molecule has 0 spiro atoms. The summed E-state index contributed by atoms with van der Waals surface area (Å²) in [4.78, 5) is 13.2. The molecule has 4 heteroatoms. The standard InChI is InChI=1S/C19H27NO2S/c1-23-17-9-5-8-16(14-17)20-18(21)19(10-12-22-13-11-19)15-6-3-2-4-7-15/h2-4,6-7,16-17H,5,8-14H2,1H3,(H,20,21). The van der Waals surface area contributed by atoms with Crippen molar-refractivity contribution in [2.45, 2.75) is 55.2 Å². The Balaban J connectivity index is 1.76. The Labute approximate surface area is 143 Å². The van der Waals surface area contributed by atoms with Crippen LogP contribution in [0.1, 0.15) is 44.1 Å². The first-order valence-electron chi connectivity index (χ1n) is 8.71. The van der Waals surface area contributed by atoms with Crippen molar-refractivity contribution in [1.82, 2.24) is 5.32 Å². The van der Waals surface area contributed by atoms with E-state index in [1.165, 1.54) is 12.8 Å². The predicted octanol–water partition coefficient (Wildman–Crippen LogP) is 3.53. The van der Waals surface area contributed by atoms with Crippen LogP contribution in [0.15, 0.2) is 30.3 Å². The second kappa shape index (κ2) is 7.71. The molecule has 2 atom stereocenters. The molecule has 1 N–H and O–H groups in total. The van der Waals surface area contributed by atoms with E-state index >= 15 is 0 Å². The molecule has 0 aromatic heterocycles. The van der Waals surface area contributed by atoms with Crippen molar-refractivity contribution in [1.29, 1.82) is 0 Å². The monoisotopic (exact) mass is 333 g/mol. The van der Waals surface area contributed by atoms with Gasteiger partial charge in [-0.1, -0.05) is 36.8 Å². The van der Waals surface area contributed by atoms with E-state index in [4.69, 9.17) is 4.74 Å². The first kappa shape index (κ1) is 16.8. The van der Waals surface area contributed by atoms with E-state index in [-0.39, 0.29) is 5.91 Å². The minimum atomic E-state index is -0.411. The van der Waals surface area contributed by atoms with Crippen LogP contribution in [0.5, 0.6) is 0 Å². The number of carbonyl (C=O) groups is 1. The van der Waals surface area contributed by atoms with Crippen LogP contribution in [-0.2, 0) is 14.9 Å². The number of benzene rings is 1. The van der Waals surface area contributed by atoms with Crippen LogP contribution in [-0.4, -0.2) is 36.7 Å². The third kappa shape index (κ3) is 3.74. The third-order valence-corrected chi connectivity index (χ3v) is 6.50. The van der Waals surface area contributed by atoms with E-state index in [0.717, 1.165) is 31.2 Å². The van der Waals surface area contributed by atoms with E-state index in [2.05, 4.69) is 23.7 Å². The number of nitrogens with one attached hydrogen (secondary N) is 1. The third-order valence-electron chi connectivity index (χ3n) is 5.40. The van der Waals surface area contributed by atoms with E-state index in [0.29, 0.717) is 24.5 Å². The lowest BCUT2D eigenvalue weighted by molar-refractivity contribution is -0.131. The molecule has 2 unspecified atom stereocenters. The summed E-state index contributed by atoms with van der Waals surface area (Å²) in [7, 11) is 0. The second-order valence-electron chi connectivity index (χ2n) is 6.76.